The van der Waals surface area contributed by atoms with E-state index in [9.17, 15) is 0 Å². The second-order valence-corrected chi connectivity index (χ2v) is 6.40. The van der Waals surface area contributed by atoms with Crippen molar-refractivity contribution in [2.45, 2.75) is 52.7 Å². The monoisotopic (exact) mass is 290 g/mol. The molecule has 1 aromatic rings. The van der Waals surface area contributed by atoms with Crippen molar-refractivity contribution in [3.63, 3.8) is 0 Å². The smallest absolute Gasteiger partial charge is 0.0446 e. The molecule has 1 aliphatic rings. The average Bonchev–Trinajstić information content (AvgIpc) is 2.46. The maximum Gasteiger partial charge on any atom is 0.0446 e. The highest BCUT2D eigenvalue weighted by atomic mass is 15.3. The molecule has 2 atom stereocenters. The Balaban J connectivity index is 2.19. The molecule has 0 bridgehead atoms. The molecule has 1 fully saturated rings. The van der Waals surface area contributed by atoms with Gasteiger partial charge in [0.15, 0.2) is 0 Å². The van der Waals surface area contributed by atoms with Crippen molar-refractivity contribution in [1.82, 2.24) is 15.2 Å². The summed E-state index contributed by atoms with van der Waals surface area (Å²) in [4.78, 5) is 9.50. The van der Waals surface area contributed by atoms with Gasteiger partial charge in [0.05, 0.1) is 0 Å². The van der Waals surface area contributed by atoms with Crippen molar-refractivity contribution in [2.75, 3.05) is 31.6 Å². The number of rotatable bonds is 5. The summed E-state index contributed by atoms with van der Waals surface area (Å²) in [6.07, 6.45) is 3.21. The van der Waals surface area contributed by atoms with E-state index in [0.717, 1.165) is 38.3 Å². The minimum Gasteiger partial charge on any atom is -0.368 e. The van der Waals surface area contributed by atoms with Crippen molar-refractivity contribution in [1.29, 1.82) is 0 Å². The Morgan fingerprint density at radius 1 is 1.29 bits per heavy atom. The zero-order valence-electron chi connectivity index (χ0n) is 14.2. The van der Waals surface area contributed by atoms with Gasteiger partial charge in [-0.05, 0) is 46.9 Å². The summed E-state index contributed by atoms with van der Waals surface area (Å²) in [5.41, 5.74) is 3.78. The van der Waals surface area contributed by atoms with Crippen LogP contribution in [0.1, 0.15) is 38.4 Å². The molecule has 0 aromatic carbocycles. The van der Waals surface area contributed by atoms with E-state index in [1.54, 1.807) is 0 Å². The number of nitrogens with zero attached hydrogens (tertiary/aromatic N) is 3. The van der Waals surface area contributed by atoms with E-state index in [2.05, 4.69) is 60.9 Å². The van der Waals surface area contributed by atoms with Gasteiger partial charge in [-0.3, -0.25) is 9.88 Å². The third-order valence-electron chi connectivity index (χ3n) is 4.54. The van der Waals surface area contributed by atoms with E-state index in [4.69, 9.17) is 0 Å². The number of aryl methyl sites for hydroxylation is 1. The van der Waals surface area contributed by atoms with Gasteiger partial charge < -0.3 is 10.2 Å². The second-order valence-electron chi connectivity index (χ2n) is 6.40. The summed E-state index contributed by atoms with van der Waals surface area (Å²) in [5.74, 6) is 0. The van der Waals surface area contributed by atoms with Gasteiger partial charge in [0.1, 0.15) is 0 Å². The van der Waals surface area contributed by atoms with Gasteiger partial charge in [-0.1, -0.05) is 6.92 Å². The molecule has 1 aromatic heterocycles. The molecular formula is C17H30N4. The summed E-state index contributed by atoms with van der Waals surface area (Å²) in [6.45, 7) is 13.0. The molecule has 0 spiro atoms. The largest absolute Gasteiger partial charge is 0.368 e. The van der Waals surface area contributed by atoms with Crippen LogP contribution in [-0.2, 0) is 6.54 Å². The molecule has 1 saturated heterocycles. The van der Waals surface area contributed by atoms with E-state index in [-0.39, 0.29) is 0 Å². The maximum absolute atomic E-state index is 4.49. The summed E-state index contributed by atoms with van der Waals surface area (Å²) in [6, 6.07) is 3.41. The fourth-order valence-electron chi connectivity index (χ4n) is 3.01. The fourth-order valence-corrected chi connectivity index (χ4v) is 3.01. The predicted molar refractivity (Wildman–Crippen MR) is 89.9 cm³/mol. The minimum atomic E-state index is 0.582. The van der Waals surface area contributed by atoms with Gasteiger partial charge in [0.2, 0.25) is 0 Å². The van der Waals surface area contributed by atoms with Crippen LogP contribution < -0.4 is 10.2 Å². The van der Waals surface area contributed by atoms with E-state index >= 15 is 0 Å². The zero-order chi connectivity index (χ0) is 15.4. The van der Waals surface area contributed by atoms with Crippen LogP contribution in [0.5, 0.6) is 0 Å². The Bertz CT molecular complexity index is 448. The van der Waals surface area contributed by atoms with Crippen molar-refractivity contribution in [3.8, 4) is 0 Å². The molecule has 21 heavy (non-hydrogen) atoms. The van der Waals surface area contributed by atoms with Gasteiger partial charge in [-0.15, -0.1) is 0 Å². The highest BCUT2D eigenvalue weighted by molar-refractivity contribution is 5.54. The normalized spacial score (nSPS) is 23.6. The lowest BCUT2D eigenvalue weighted by molar-refractivity contribution is 0.170. The molecule has 0 radical (unpaired) electrons. The Morgan fingerprint density at radius 3 is 2.57 bits per heavy atom. The number of hydrogen-bond donors (Lipinski definition) is 1. The van der Waals surface area contributed by atoms with Crippen molar-refractivity contribution >= 4 is 5.69 Å². The van der Waals surface area contributed by atoms with Gasteiger partial charge in [-0.25, -0.2) is 0 Å². The van der Waals surface area contributed by atoms with Crippen LogP contribution in [-0.4, -0.2) is 48.6 Å². The lowest BCUT2D eigenvalue weighted by Gasteiger charge is -2.44. The summed E-state index contributed by atoms with van der Waals surface area (Å²) < 4.78 is 0. The number of hydrogen-bond acceptors (Lipinski definition) is 4. The van der Waals surface area contributed by atoms with E-state index in [1.165, 1.54) is 11.3 Å². The SMILES string of the molecule is CCCNCc1cnc(C)cc1N1CC(C)N(C)C(C)C1. The van der Waals surface area contributed by atoms with Crippen molar-refractivity contribution in [3.05, 3.63) is 23.5 Å². The molecule has 0 aliphatic carbocycles. The van der Waals surface area contributed by atoms with Gasteiger partial charge in [0.25, 0.3) is 0 Å². The van der Waals surface area contributed by atoms with Gasteiger partial charge >= 0.3 is 0 Å². The number of nitrogens with one attached hydrogen (secondary N) is 1. The molecule has 4 heteroatoms. The Kier molecular flexibility index (Phi) is 5.59. The van der Waals surface area contributed by atoms with Crippen LogP contribution in [0.15, 0.2) is 12.3 Å². The first-order chi connectivity index (χ1) is 10.0. The molecular weight excluding hydrogens is 260 g/mol. The lowest BCUT2D eigenvalue weighted by Crippen LogP contribution is -2.55. The van der Waals surface area contributed by atoms with Crippen molar-refractivity contribution in [2.24, 2.45) is 0 Å². The van der Waals surface area contributed by atoms with E-state index in [1.807, 2.05) is 6.20 Å². The first-order valence-electron chi connectivity index (χ1n) is 8.16. The standard InChI is InChI=1S/C17H30N4/c1-6-7-18-9-16-10-19-13(2)8-17(16)21-11-14(3)20(5)15(4)12-21/h8,10,14-15,18H,6-7,9,11-12H2,1-5H3. The summed E-state index contributed by atoms with van der Waals surface area (Å²) >= 11 is 0. The molecule has 2 heterocycles. The third-order valence-corrected chi connectivity index (χ3v) is 4.54. The number of pyridine rings is 1. The zero-order valence-corrected chi connectivity index (χ0v) is 14.2. The number of aromatic nitrogens is 1. The third kappa shape index (κ3) is 3.95. The molecule has 2 unspecified atom stereocenters. The molecule has 0 saturated carbocycles. The van der Waals surface area contributed by atoms with Gasteiger partial charge in [0, 0.05) is 54.9 Å². The summed E-state index contributed by atoms with van der Waals surface area (Å²) in [5, 5.41) is 3.50. The van der Waals surface area contributed by atoms with E-state index in [0.29, 0.717) is 12.1 Å². The molecule has 2 rings (SSSR count). The molecule has 1 N–H and O–H groups in total. The summed E-state index contributed by atoms with van der Waals surface area (Å²) in [7, 11) is 2.23. The molecule has 4 nitrogen and oxygen atoms in total. The van der Waals surface area contributed by atoms with Crippen LogP contribution in [0, 0.1) is 6.92 Å². The van der Waals surface area contributed by atoms with Crippen LogP contribution in [0.2, 0.25) is 0 Å². The van der Waals surface area contributed by atoms with E-state index < -0.39 is 0 Å². The second kappa shape index (κ2) is 7.23. The number of piperazine rings is 1. The number of likely N-dealkylation sites (N-methyl/N-ethyl adjacent to an activating group) is 1. The van der Waals surface area contributed by atoms with Crippen LogP contribution in [0.4, 0.5) is 5.69 Å². The van der Waals surface area contributed by atoms with Crippen molar-refractivity contribution < 1.29 is 0 Å². The first kappa shape index (κ1) is 16.2. The van der Waals surface area contributed by atoms with Crippen LogP contribution in [0.25, 0.3) is 0 Å². The minimum absolute atomic E-state index is 0.582. The first-order valence-corrected chi connectivity index (χ1v) is 8.16. The average molecular weight is 290 g/mol. The highest BCUT2D eigenvalue weighted by Crippen LogP contribution is 2.25. The highest BCUT2D eigenvalue weighted by Gasteiger charge is 2.27. The lowest BCUT2D eigenvalue weighted by atomic mass is 10.1. The van der Waals surface area contributed by atoms with Crippen LogP contribution in [0.3, 0.4) is 0 Å². The Hall–Kier alpha value is -1.13. The fraction of sp³-hybridized carbons (Fsp3) is 0.706. The predicted octanol–water partition coefficient (Wildman–Crippen LogP) is 2.42. The maximum atomic E-state index is 4.49. The molecule has 1 aliphatic heterocycles. The van der Waals surface area contributed by atoms with Gasteiger partial charge in [-0.2, -0.15) is 0 Å². The topological polar surface area (TPSA) is 31.4 Å². The number of anilines is 1. The Labute approximate surface area is 129 Å². The molecule has 0 amide bonds. The Morgan fingerprint density at radius 2 is 1.95 bits per heavy atom. The molecule has 118 valence electrons. The van der Waals surface area contributed by atoms with Crippen LogP contribution >= 0.6 is 0 Å². The quantitative estimate of drug-likeness (QED) is 0.844.